The normalized spacial score (nSPS) is 11.4. The SMILES string of the molecule is COC(=O)c1ccc(C(=O)OC)c(S(=O)(=O)N(C)Cc2cccc(Cl)c2Cl)c1. The number of hydrogen-bond acceptors (Lipinski definition) is 6. The van der Waals surface area contributed by atoms with Crippen LogP contribution in [0.5, 0.6) is 0 Å². The van der Waals surface area contributed by atoms with Crippen molar-refractivity contribution >= 4 is 45.2 Å². The highest BCUT2D eigenvalue weighted by Crippen LogP contribution is 2.29. The first-order valence-corrected chi connectivity index (χ1v) is 10.0. The van der Waals surface area contributed by atoms with Crippen LogP contribution < -0.4 is 0 Å². The van der Waals surface area contributed by atoms with Crippen LogP contribution in [0, 0.1) is 0 Å². The second-order valence-corrected chi connectivity index (χ2v) is 8.47. The summed E-state index contributed by atoms with van der Waals surface area (Å²) in [4.78, 5) is 23.5. The van der Waals surface area contributed by atoms with Crippen LogP contribution in [0.4, 0.5) is 0 Å². The summed E-state index contributed by atoms with van der Waals surface area (Å²) >= 11 is 12.1. The maximum atomic E-state index is 13.1. The fourth-order valence-electron chi connectivity index (χ4n) is 2.42. The van der Waals surface area contributed by atoms with Gasteiger partial charge in [0.25, 0.3) is 0 Å². The fraction of sp³-hybridized carbons (Fsp3) is 0.222. The average Bonchev–Trinajstić information content (AvgIpc) is 2.69. The summed E-state index contributed by atoms with van der Waals surface area (Å²) in [5.41, 5.74) is 0.242. The number of ether oxygens (including phenoxy) is 2. The highest BCUT2D eigenvalue weighted by molar-refractivity contribution is 7.89. The first kappa shape index (κ1) is 22.2. The van der Waals surface area contributed by atoms with Crippen molar-refractivity contribution in [2.75, 3.05) is 21.3 Å². The minimum absolute atomic E-state index is 0.0251. The number of benzene rings is 2. The van der Waals surface area contributed by atoms with E-state index in [1.165, 1.54) is 19.2 Å². The fourth-order valence-corrected chi connectivity index (χ4v) is 4.15. The summed E-state index contributed by atoms with van der Waals surface area (Å²) in [6, 6.07) is 8.41. The Labute approximate surface area is 172 Å². The van der Waals surface area contributed by atoms with E-state index in [-0.39, 0.29) is 32.6 Å². The smallest absolute Gasteiger partial charge is 0.339 e. The highest BCUT2D eigenvalue weighted by Gasteiger charge is 2.29. The quantitative estimate of drug-likeness (QED) is 0.632. The molecule has 0 atom stereocenters. The van der Waals surface area contributed by atoms with E-state index >= 15 is 0 Å². The Morgan fingerprint density at radius 2 is 1.68 bits per heavy atom. The minimum Gasteiger partial charge on any atom is -0.465 e. The van der Waals surface area contributed by atoms with Crippen molar-refractivity contribution in [2.45, 2.75) is 11.4 Å². The van der Waals surface area contributed by atoms with Gasteiger partial charge in [-0.15, -0.1) is 0 Å². The molecule has 7 nitrogen and oxygen atoms in total. The third-order valence-electron chi connectivity index (χ3n) is 3.92. The molecule has 0 unspecified atom stereocenters. The molecule has 0 aromatic heterocycles. The number of halogens is 2. The van der Waals surface area contributed by atoms with Crippen LogP contribution >= 0.6 is 23.2 Å². The molecule has 10 heteroatoms. The number of carbonyl (C=O) groups excluding carboxylic acids is 2. The van der Waals surface area contributed by atoms with Crippen LogP contribution in [-0.2, 0) is 26.0 Å². The first-order valence-electron chi connectivity index (χ1n) is 7.83. The Bertz CT molecular complexity index is 1020. The predicted octanol–water partition coefficient (Wildman–Crippen LogP) is 3.39. The summed E-state index contributed by atoms with van der Waals surface area (Å²) in [5.74, 6) is -1.60. The third-order valence-corrected chi connectivity index (χ3v) is 6.62. The molecule has 0 fully saturated rings. The van der Waals surface area contributed by atoms with E-state index in [4.69, 9.17) is 23.2 Å². The molecular formula is C18H17Cl2NO6S. The summed E-state index contributed by atoms with van der Waals surface area (Å²) in [6.07, 6.45) is 0. The van der Waals surface area contributed by atoms with Crippen molar-refractivity contribution in [1.82, 2.24) is 4.31 Å². The highest BCUT2D eigenvalue weighted by atomic mass is 35.5. The number of nitrogens with zero attached hydrogens (tertiary/aromatic N) is 1. The van der Waals surface area contributed by atoms with E-state index in [9.17, 15) is 18.0 Å². The van der Waals surface area contributed by atoms with Gasteiger partial charge in [-0.05, 0) is 29.8 Å². The Kier molecular flexibility index (Phi) is 7.06. The Morgan fingerprint density at radius 1 is 1.04 bits per heavy atom. The van der Waals surface area contributed by atoms with Gasteiger partial charge in [-0.25, -0.2) is 18.0 Å². The molecule has 0 amide bonds. The van der Waals surface area contributed by atoms with Crippen molar-refractivity contribution in [3.05, 3.63) is 63.1 Å². The van der Waals surface area contributed by atoms with E-state index in [2.05, 4.69) is 9.47 Å². The largest absolute Gasteiger partial charge is 0.465 e. The molecule has 0 aliphatic carbocycles. The second-order valence-electron chi connectivity index (χ2n) is 5.67. The monoisotopic (exact) mass is 445 g/mol. The van der Waals surface area contributed by atoms with Gasteiger partial charge in [0, 0.05) is 13.6 Å². The van der Waals surface area contributed by atoms with Gasteiger partial charge in [0.15, 0.2) is 0 Å². The lowest BCUT2D eigenvalue weighted by Gasteiger charge is -2.20. The van der Waals surface area contributed by atoms with Gasteiger partial charge in [0.05, 0.1) is 40.3 Å². The lowest BCUT2D eigenvalue weighted by atomic mass is 10.1. The molecule has 0 aliphatic heterocycles. The van der Waals surface area contributed by atoms with Crippen LogP contribution in [0.2, 0.25) is 10.0 Å². The summed E-state index contributed by atoms with van der Waals surface area (Å²) in [5, 5.41) is 0.510. The Morgan fingerprint density at radius 3 is 2.29 bits per heavy atom. The molecule has 2 rings (SSSR count). The van der Waals surface area contributed by atoms with Crippen molar-refractivity contribution in [3.8, 4) is 0 Å². The summed E-state index contributed by atoms with van der Waals surface area (Å²) < 4.78 is 36.5. The molecule has 0 heterocycles. The Balaban J connectivity index is 2.54. The van der Waals surface area contributed by atoms with Crippen LogP contribution in [-0.4, -0.2) is 45.9 Å². The van der Waals surface area contributed by atoms with Gasteiger partial charge in [-0.2, -0.15) is 4.31 Å². The number of sulfonamides is 1. The van der Waals surface area contributed by atoms with Gasteiger partial charge in [-0.1, -0.05) is 35.3 Å². The van der Waals surface area contributed by atoms with Crippen LogP contribution in [0.1, 0.15) is 26.3 Å². The molecule has 0 aliphatic rings. The third kappa shape index (κ3) is 4.47. The molecule has 0 saturated carbocycles. The number of methoxy groups -OCH3 is 2. The molecule has 0 radical (unpaired) electrons. The van der Waals surface area contributed by atoms with E-state index < -0.39 is 22.0 Å². The lowest BCUT2D eigenvalue weighted by Crippen LogP contribution is -2.28. The molecule has 0 saturated heterocycles. The van der Waals surface area contributed by atoms with Crippen molar-refractivity contribution in [3.63, 3.8) is 0 Å². The molecule has 0 N–H and O–H groups in total. The summed E-state index contributed by atoms with van der Waals surface area (Å²) in [7, 11) is -0.584. The Hall–Kier alpha value is -2.13. The zero-order valence-electron chi connectivity index (χ0n) is 15.2. The number of esters is 2. The van der Waals surface area contributed by atoms with Crippen LogP contribution in [0.3, 0.4) is 0 Å². The topological polar surface area (TPSA) is 90.0 Å². The van der Waals surface area contributed by atoms with E-state index in [1.54, 1.807) is 18.2 Å². The second kappa shape index (κ2) is 8.91. The van der Waals surface area contributed by atoms with E-state index in [0.717, 1.165) is 24.6 Å². The first-order chi connectivity index (χ1) is 13.1. The molecule has 28 heavy (non-hydrogen) atoms. The number of carbonyl (C=O) groups is 2. The molecular weight excluding hydrogens is 429 g/mol. The standard InChI is InChI=1S/C18H17Cl2NO6S/c1-21(10-12-5-4-6-14(19)16(12)20)28(24,25)15-9-11(17(22)26-2)7-8-13(15)18(23)27-3/h4-9H,10H2,1-3H3. The molecule has 0 spiro atoms. The van der Waals surface area contributed by atoms with Crippen molar-refractivity contribution in [2.24, 2.45) is 0 Å². The van der Waals surface area contributed by atoms with Gasteiger partial charge in [0.2, 0.25) is 10.0 Å². The van der Waals surface area contributed by atoms with Crippen molar-refractivity contribution in [1.29, 1.82) is 0 Å². The van der Waals surface area contributed by atoms with Gasteiger partial charge >= 0.3 is 11.9 Å². The summed E-state index contributed by atoms with van der Waals surface area (Å²) in [6.45, 7) is -0.106. The lowest BCUT2D eigenvalue weighted by molar-refractivity contribution is 0.0583. The van der Waals surface area contributed by atoms with E-state index in [1.807, 2.05) is 0 Å². The molecule has 2 aromatic rings. The van der Waals surface area contributed by atoms with Crippen LogP contribution in [0.15, 0.2) is 41.3 Å². The average molecular weight is 446 g/mol. The maximum absolute atomic E-state index is 13.1. The van der Waals surface area contributed by atoms with Crippen LogP contribution in [0.25, 0.3) is 0 Å². The molecule has 150 valence electrons. The maximum Gasteiger partial charge on any atom is 0.339 e. The van der Waals surface area contributed by atoms with Gasteiger partial charge < -0.3 is 9.47 Å². The van der Waals surface area contributed by atoms with Crippen molar-refractivity contribution < 1.29 is 27.5 Å². The van der Waals surface area contributed by atoms with Gasteiger partial charge in [-0.3, -0.25) is 0 Å². The molecule has 2 aromatic carbocycles. The van der Waals surface area contributed by atoms with Gasteiger partial charge in [0.1, 0.15) is 0 Å². The number of hydrogen-bond donors (Lipinski definition) is 0. The number of rotatable bonds is 6. The minimum atomic E-state index is -4.19. The molecule has 0 bridgehead atoms. The van der Waals surface area contributed by atoms with E-state index in [0.29, 0.717) is 5.56 Å². The zero-order valence-corrected chi connectivity index (χ0v) is 17.6. The predicted molar refractivity (Wildman–Crippen MR) is 104 cm³/mol. The zero-order chi connectivity index (χ0) is 21.1.